The average Bonchev–Trinajstić information content (AvgIpc) is 2.74. The van der Waals surface area contributed by atoms with Crippen LogP contribution < -0.4 is 5.32 Å². The summed E-state index contributed by atoms with van der Waals surface area (Å²) in [5.74, 6) is 0.953. The highest BCUT2D eigenvalue weighted by Crippen LogP contribution is 2.44. The predicted octanol–water partition coefficient (Wildman–Crippen LogP) is 0.272. The van der Waals surface area contributed by atoms with E-state index < -0.39 is 0 Å². The van der Waals surface area contributed by atoms with Gasteiger partial charge in [0.25, 0.3) is 0 Å². The molecule has 0 amide bonds. The second kappa shape index (κ2) is 3.47. The van der Waals surface area contributed by atoms with Crippen molar-refractivity contribution in [3.05, 3.63) is 18.2 Å². The number of aliphatic hydroxyl groups is 1. The standard InChI is InChI=1S/C9H15N3O/c13-7-9(1-2-9)6-10-5-8-11-3-4-12-8/h3-4,10,13H,1-2,5-7H2,(H,11,12). The summed E-state index contributed by atoms with van der Waals surface area (Å²) in [7, 11) is 0. The number of aromatic amines is 1. The van der Waals surface area contributed by atoms with Crippen LogP contribution in [-0.2, 0) is 6.54 Å². The van der Waals surface area contributed by atoms with Gasteiger partial charge in [0.2, 0.25) is 0 Å². The first kappa shape index (κ1) is 8.72. The number of nitrogens with one attached hydrogen (secondary N) is 2. The first-order valence-corrected chi connectivity index (χ1v) is 4.64. The summed E-state index contributed by atoms with van der Waals surface area (Å²) in [4.78, 5) is 7.13. The van der Waals surface area contributed by atoms with Gasteiger partial charge in [0.05, 0.1) is 6.54 Å². The zero-order chi connectivity index (χ0) is 9.15. The number of hydrogen-bond donors (Lipinski definition) is 3. The van der Waals surface area contributed by atoms with Crippen LogP contribution in [0.4, 0.5) is 0 Å². The minimum Gasteiger partial charge on any atom is -0.396 e. The van der Waals surface area contributed by atoms with Crippen LogP contribution in [0.3, 0.4) is 0 Å². The maximum atomic E-state index is 9.05. The molecule has 1 fully saturated rings. The van der Waals surface area contributed by atoms with E-state index in [0.29, 0.717) is 6.61 Å². The number of H-pyrrole nitrogens is 1. The second-order valence-corrected chi connectivity index (χ2v) is 3.80. The van der Waals surface area contributed by atoms with E-state index in [0.717, 1.165) is 31.8 Å². The molecule has 0 bridgehead atoms. The summed E-state index contributed by atoms with van der Waals surface area (Å²) < 4.78 is 0. The van der Waals surface area contributed by atoms with Gasteiger partial charge in [-0.05, 0) is 12.8 Å². The lowest BCUT2D eigenvalue weighted by Crippen LogP contribution is -2.26. The van der Waals surface area contributed by atoms with Crippen LogP contribution in [0.1, 0.15) is 18.7 Å². The maximum absolute atomic E-state index is 9.05. The minimum atomic E-state index is 0.187. The Kier molecular flexibility index (Phi) is 2.33. The highest BCUT2D eigenvalue weighted by atomic mass is 16.3. The van der Waals surface area contributed by atoms with Crippen LogP contribution in [0, 0.1) is 5.41 Å². The van der Waals surface area contributed by atoms with E-state index in [2.05, 4.69) is 15.3 Å². The Morgan fingerprint density at radius 3 is 3.00 bits per heavy atom. The fraction of sp³-hybridized carbons (Fsp3) is 0.667. The van der Waals surface area contributed by atoms with Crippen LogP contribution in [0.15, 0.2) is 12.4 Å². The van der Waals surface area contributed by atoms with E-state index in [-0.39, 0.29) is 5.41 Å². The summed E-state index contributed by atoms with van der Waals surface area (Å²) in [6.07, 6.45) is 5.86. The summed E-state index contributed by atoms with van der Waals surface area (Å²) in [5, 5.41) is 12.3. The Bertz CT molecular complexity index is 254. The third-order valence-electron chi connectivity index (χ3n) is 2.64. The number of imidazole rings is 1. The molecule has 1 aromatic rings. The van der Waals surface area contributed by atoms with E-state index in [1.807, 2.05) is 6.20 Å². The van der Waals surface area contributed by atoms with Crippen LogP contribution in [0.5, 0.6) is 0 Å². The van der Waals surface area contributed by atoms with Gasteiger partial charge in [-0.25, -0.2) is 4.98 Å². The van der Waals surface area contributed by atoms with Gasteiger partial charge in [-0.3, -0.25) is 0 Å². The van der Waals surface area contributed by atoms with Crippen molar-refractivity contribution < 1.29 is 5.11 Å². The minimum absolute atomic E-state index is 0.187. The number of nitrogens with zero attached hydrogens (tertiary/aromatic N) is 1. The lowest BCUT2D eigenvalue weighted by molar-refractivity contribution is 0.207. The molecule has 0 radical (unpaired) electrons. The molecular weight excluding hydrogens is 166 g/mol. The quantitative estimate of drug-likeness (QED) is 0.611. The zero-order valence-electron chi connectivity index (χ0n) is 7.58. The fourth-order valence-electron chi connectivity index (χ4n) is 1.41. The van der Waals surface area contributed by atoms with Crippen molar-refractivity contribution in [2.45, 2.75) is 19.4 Å². The molecule has 0 atom stereocenters. The molecule has 1 heterocycles. The van der Waals surface area contributed by atoms with Crippen molar-refractivity contribution in [1.29, 1.82) is 0 Å². The van der Waals surface area contributed by atoms with Crippen molar-refractivity contribution >= 4 is 0 Å². The molecule has 72 valence electrons. The number of hydrogen-bond acceptors (Lipinski definition) is 3. The maximum Gasteiger partial charge on any atom is 0.120 e. The number of rotatable bonds is 5. The molecule has 4 nitrogen and oxygen atoms in total. The highest BCUT2D eigenvalue weighted by molar-refractivity contribution is 4.95. The normalized spacial score (nSPS) is 18.8. The molecule has 4 heteroatoms. The molecule has 0 saturated heterocycles. The van der Waals surface area contributed by atoms with E-state index in [9.17, 15) is 0 Å². The van der Waals surface area contributed by atoms with Crippen LogP contribution >= 0.6 is 0 Å². The second-order valence-electron chi connectivity index (χ2n) is 3.80. The van der Waals surface area contributed by atoms with E-state index in [1.165, 1.54) is 0 Å². The summed E-state index contributed by atoms with van der Waals surface area (Å²) in [6, 6.07) is 0. The zero-order valence-corrected chi connectivity index (χ0v) is 7.58. The van der Waals surface area contributed by atoms with Crippen LogP contribution in [0.2, 0.25) is 0 Å². The summed E-state index contributed by atoms with van der Waals surface area (Å²) >= 11 is 0. The van der Waals surface area contributed by atoms with Gasteiger partial charge >= 0.3 is 0 Å². The van der Waals surface area contributed by atoms with Gasteiger partial charge in [-0.15, -0.1) is 0 Å². The molecule has 0 aliphatic heterocycles. The largest absolute Gasteiger partial charge is 0.396 e. The highest BCUT2D eigenvalue weighted by Gasteiger charge is 2.41. The monoisotopic (exact) mass is 181 g/mol. The number of aliphatic hydroxyl groups excluding tert-OH is 1. The van der Waals surface area contributed by atoms with Crippen molar-refractivity contribution in [1.82, 2.24) is 15.3 Å². The molecule has 1 saturated carbocycles. The van der Waals surface area contributed by atoms with Crippen LogP contribution in [-0.4, -0.2) is 28.2 Å². The summed E-state index contributed by atoms with van der Waals surface area (Å²) in [6.45, 7) is 1.96. The van der Waals surface area contributed by atoms with Crippen molar-refractivity contribution in [2.75, 3.05) is 13.2 Å². The fourth-order valence-corrected chi connectivity index (χ4v) is 1.41. The SMILES string of the molecule is OCC1(CNCc2ncc[nH]2)CC1. The molecule has 2 rings (SSSR count). The Labute approximate surface area is 77.4 Å². The third kappa shape index (κ3) is 2.08. The van der Waals surface area contributed by atoms with E-state index in [1.54, 1.807) is 6.20 Å². The molecule has 1 aromatic heterocycles. The predicted molar refractivity (Wildman–Crippen MR) is 49.0 cm³/mol. The molecule has 1 aliphatic rings. The molecule has 1 aliphatic carbocycles. The van der Waals surface area contributed by atoms with E-state index in [4.69, 9.17) is 5.11 Å². The molecule has 3 N–H and O–H groups in total. The Balaban J connectivity index is 1.70. The average molecular weight is 181 g/mol. The van der Waals surface area contributed by atoms with Crippen molar-refractivity contribution in [3.8, 4) is 0 Å². The first-order chi connectivity index (χ1) is 6.35. The van der Waals surface area contributed by atoms with Gasteiger partial charge in [-0.1, -0.05) is 0 Å². The Morgan fingerprint density at radius 2 is 2.46 bits per heavy atom. The first-order valence-electron chi connectivity index (χ1n) is 4.64. The Hall–Kier alpha value is -0.870. The molecule has 13 heavy (non-hydrogen) atoms. The smallest absolute Gasteiger partial charge is 0.120 e. The van der Waals surface area contributed by atoms with E-state index >= 15 is 0 Å². The topological polar surface area (TPSA) is 60.9 Å². The molecule has 0 unspecified atom stereocenters. The van der Waals surface area contributed by atoms with Crippen molar-refractivity contribution in [3.63, 3.8) is 0 Å². The lowest BCUT2D eigenvalue weighted by Gasteiger charge is -2.11. The third-order valence-corrected chi connectivity index (χ3v) is 2.64. The molecular formula is C9H15N3O. The molecule has 0 spiro atoms. The van der Waals surface area contributed by atoms with Crippen molar-refractivity contribution in [2.24, 2.45) is 5.41 Å². The summed E-state index contributed by atoms with van der Waals surface area (Å²) in [5.41, 5.74) is 0.187. The van der Waals surface area contributed by atoms with Crippen LogP contribution in [0.25, 0.3) is 0 Å². The van der Waals surface area contributed by atoms with Gasteiger partial charge in [-0.2, -0.15) is 0 Å². The lowest BCUT2D eigenvalue weighted by atomic mass is 10.1. The van der Waals surface area contributed by atoms with Gasteiger partial charge in [0, 0.05) is 31.0 Å². The molecule has 0 aromatic carbocycles. The van der Waals surface area contributed by atoms with Gasteiger partial charge in [0.1, 0.15) is 5.82 Å². The Morgan fingerprint density at radius 1 is 1.62 bits per heavy atom. The van der Waals surface area contributed by atoms with Gasteiger partial charge < -0.3 is 15.4 Å². The number of aromatic nitrogens is 2. The van der Waals surface area contributed by atoms with Gasteiger partial charge in [0.15, 0.2) is 0 Å².